The Morgan fingerprint density at radius 1 is 1.04 bits per heavy atom. The number of nitrogens with zero attached hydrogens (tertiary/aromatic N) is 4. The number of hydrogen-bond donors (Lipinski definition) is 1. The second-order valence-electron chi connectivity index (χ2n) is 5.64. The summed E-state index contributed by atoms with van der Waals surface area (Å²) in [6, 6.07) is 8.87. The molecule has 0 atom stereocenters. The van der Waals surface area contributed by atoms with Gasteiger partial charge in [-0.05, 0) is 23.8 Å². The molecule has 3 rings (SSSR count). The highest BCUT2D eigenvalue weighted by molar-refractivity contribution is 6.35. The minimum absolute atomic E-state index is 0.291. The molecule has 25 heavy (non-hydrogen) atoms. The topological polar surface area (TPSA) is 78.4 Å². The molecule has 8 heteroatoms. The smallest absolute Gasteiger partial charge is 0.312 e. The Labute approximate surface area is 150 Å². The second kappa shape index (κ2) is 7.94. The summed E-state index contributed by atoms with van der Waals surface area (Å²) in [6.45, 7) is 2.41. The van der Waals surface area contributed by atoms with Crippen molar-refractivity contribution in [2.45, 2.75) is 6.54 Å². The predicted octanol–water partition coefficient (Wildman–Crippen LogP) is 1.09. The minimum Gasteiger partial charge on any atom is -0.344 e. The van der Waals surface area contributed by atoms with Crippen LogP contribution in [-0.4, -0.2) is 52.9 Å². The van der Waals surface area contributed by atoms with Gasteiger partial charge in [-0.2, -0.15) is 0 Å². The Morgan fingerprint density at radius 3 is 2.32 bits per heavy atom. The average Bonchev–Trinajstić information content (AvgIpc) is 2.67. The van der Waals surface area contributed by atoms with Gasteiger partial charge >= 0.3 is 11.8 Å². The van der Waals surface area contributed by atoms with E-state index in [0.29, 0.717) is 43.7 Å². The summed E-state index contributed by atoms with van der Waals surface area (Å²) in [5.41, 5.74) is 0.886. The molecule has 2 aromatic rings. The van der Waals surface area contributed by atoms with E-state index in [1.54, 1.807) is 35.5 Å². The molecule has 1 aromatic carbocycles. The van der Waals surface area contributed by atoms with Crippen molar-refractivity contribution in [2.75, 3.05) is 31.1 Å². The van der Waals surface area contributed by atoms with Gasteiger partial charge in [0.2, 0.25) is 5.95 Å². The lowest BCUT2D eigenvalue weighted by atomic mass is 10.2. The van der Waals surface area contributed by atoms with E-state index in [9.17, 15) is 9.59 Å². The van der Waals surface area contributed by atoms with Gasteiger partial charge in [-0.15, -0.1) is 0 Å². The lowest BCUT2D eigenvalue weighted by molar-refractivity contribution is -0.146. The maximum absolute atomic E-state index is 12.3. The van der Waals surface area contributed by atoms with E-state index in [0.717, 1.165) is 5.56 Å². The highest BCUT2D eigenvalue weighted by Gasteiger charge is 2.26. The third kappa shape index (κ3) is 4.45. The molecule has 2 heterocycles. The van der Waals surface area contributed by atoms with Crippen molar-refractivity contribution in [2.24, 2.45) is 0 Å². The Morgan fingerprint density at radius 2 is 1.68 bits per heavy atom. The van der Waals surface area contributed by atoms with Crippen molar-refractivity contribution in [3.8, 4) is 0 Å². The van der Waals surface area contributed by atoms with Gasteiger partial charge in [0.15, 0.2) is 0 Å². The zero-order chi connectivity index (χ0) is 17.6. The molecule has 1 fully saturated rings. The average molecular weight is 360 g/mol. The second-order valence-corrected chi connectivity index (χ2v) is 6.07. The molecule has 1 aromatic heterocycles. The van der Waals surface area contributed by atoms with Crippen LogP contribution in [0.25, 0.3) is 0 Å². The summed E-state index contributed by atoms with van der Waals surface area (Å²) < 4.78 is 0. The van der Waals surface area contributed by atoms with Crippen LogP contribution in [0.2, 0.25) is 5.02 Å². The molecule has 130 valence electrons. The maximum atomic E-state index is 12.3. The zero-order valence-corrected chi connectivity index (χ0v) is 14.3. The standard InChI is InChI=1S/C17H18ClN5O2/c18-14-4-2-13(3-5-14)12-21-15(24)16(25)22-8-10-23(11-9-22)17-19-6-1-7-20-17/h1-7H,8-12H2,(H,21,24). The molecular formula is C17H18ClN5O2. The van der Waals surface area contributed by atoms with E-state index in [1.165, 1.54) is 0 Å². The molecule has 0 saturated carbocycles. The monoisotopic (exact) mass is 359 g/mol. The molecule has 2 amide bonds. The van der Waals surface area contributed by atoms with E-state index >= 15 is 0 Å². The van der Waals surface area contributed by atoms with Crippen molar-refractivity contribution < 1.29 is 9.59 Å². The van der Waals surface area contributed by atoms with Crippen LogP contribution in [0, 0.1) is 0 Å². The first-order valence-electron chi connectivity index (χ1n) is 7.97. The van der Waals surface area contributed by atoms with Gasteiger partial charge in [-0.1, -0.05) is 23.7 Å². The Kier molecular flexibility index (Phi) is 5.45. The molecular weight excluding hydrogens is 342 g/mol. The number of aromatic nitrogens is 2. The van der Waals surface area contributed by atoms with Crippen LogP contribution in [0.3, 0.4) is 0 Å². The first kappa shape index (κ1) is 17.2. The van der Waals surface area contributed by atoms with E-state index < -0.39 is 11.8 Å². The van der Waals surface area contributed by atoms with Crippen LogP contribution in [0.1, 0.15) is 5.56 Å². The van der Waals surface area contributed by atoms with Crippen molar-refractivity contribution in [3.05, 3.63) is 53.3 Å². The maximum Gasteiger partial charge on any atom is 0.312 e. The van der Waals surface area contributed by atoms with Gasteiger partial charge in [0, 0.05) is 50.1 Å². The van der Waals surface area contributed by atoms with Crippen LogP contribution in [0.15, 0.2) is 42.7 Å². The first-order valence-corrected chi connectivity index (χ1v) is 8.35. The minimum atomic E-state index is -0.598. The molecule has 0 spiro atoms. The summed E-state index contributed by atoms with van der Waals surface area (Å²) in [5.74, 6) is -0.469. The van der Waals surface area contributed by atoms with E-state index in [-0.39, 0.29) is 0 Å². The summed E-state index contributed by atoms with van der Waals surface area (Å²) in [5, 5.41) is 3.28. The number of carbonyl (C=O) groups excluding carboxylic acids is 2. The van der Waals surface area contributed by atoms with E-state index in [1.807, 2.05) is 17.0 Å². The molecule has 1 N–H and O–H groups in total. The predicted molar refractivity (Wildman–Crippen MR) is 94.1 cm³/mol. The number of amides is 2. The van der Waals surface area contributed by atoms with Crippen LogP contribution in [0.5, 0.6) is 0 Å². The summed E-state index contributed by atoms with van der Waals surface area (Å²) in [6.07, 6.45) is 3.37. The molecule has 0 radical (unpaired) electrons. The zero-order valence-electron chi connectivity index (χ0n) is 13.6. The van der Waals surface area contributed by atoms with Gasteiger partial charge < -0.3 is 15.1 Å². The number of benzene rings is 1. The number of carbonyl (C=O) groups is 2. The summed E-state index contributed by atoms with van der Waals surface area (Å²) in [4.78, 5) is 36.3. The lowest BCUT2D eigenvalue weighted by Crippen LogP contribution is -2.52. The normalized spacial score (nSPS) is 14.3. The highest BCUT2D eigenvalue weighted by Crippen LogP contribution is 2.11. The molecule has 0 unspecified atom stereocenters. The summed E-state index contributed by atoms with van der Waals surface area (Å²) in [7, 11) is 0. The summed E-state index contributed by atoms with van der Waals surface area (Å²) >= 11 is 5.82. The van der Waals surface area contributed by atoms with Gasteiger partial charge in [-0.3, -0.25) is 9.59 Å². The molecule has 1 aliphatic rings. The van der Waals surface area contributed by atoms with Crippen LogP contribution >= 0.6 is 11.6 Å². The quantitative estimate of drug-likeness (QED) is 0.830. The lowest BCUT2D eigenvalue weighted by Gasteiger charge is -2.34. The molecule has 0 aliphatic carbocycles. The third-order valence-corrected chi connectivity index (χ3v) is 4.21. The van der Waals surface area contributed by atoms with Crippen molar-refractivity contribution in [1.82, 2.24) is 20.2 Å². The van der Waals surface area contributed by atoms with Crippen LogP contribution < -0.4 is 10.2 Å². The van der Waals surface area contributed by atoms with Crippen molar-refractivity contribution in [3.63, 3.8) is 0 Å². The number of rotatable bonds is 3. The largest absolute Gasteiger partial charge is 0.344 e. The fourth-order valence-corrected chi connectivity index (χ4v) is 2.69. The number of nitrogens with one attached hydrogen (secondary N) is 1. The first-order chi connectivity index (χ1) is 12.1. The van der Waals surface area contributed by atoms with Gasteiger partial charge in [0.05, 0.1) is 0 Å². The molecule has 1 saturated heterocycles. The Balaban J connectivity index is 1.48. The van der Waals surface area contributed by atoms with E-state index in [2.05, 4.69) is 15.3 Å². The molecule has 7 nitrogen and oxygen atoms in total. The number of halogens is 1. The van der Waals surface area contributed by atoms with Gasteiger partial charge in [-0.25, -0.2) is 9.97 Å². The van der Waals surface area contributed by atoms with Crippen LogP contribution in [0.4, 0.5) is 5.95 Å². The highest BCUT2D eigenvalue weighted by atomic mass is 35.5. The molecule has 1 aliphatic heterocycles. The SMILES string of the molecule is O=C(NCc1ccc(Cl)cc1)C(=O)N1CCN(c2ncccn2)CC1. The van der Waals surface area contributed by atoms with Gasteiger partial charge in [0.25, 0.3) is 0 Å². The van der Waals surface area contributed by atoms with Crippen molar-refractivity contribution >= 4 is 29.4 Å². The fourth-order valence-electron chi connectivity index (χ4n) is 2.57. The van der Waals surface area contributed by atoms with Crippen LogP contribution in [-0.2, 0) is 16.1 Å². The number of hydrogen-bond acceptors (Lipinski definition) is 5. The number of anilines is 1. The Hall–Kier alpha value is -2.67. The fraction of sp³-hybridized carbons (Fsp3) is 0.294. The molecule has 0 bridgehead atoms. The van der Waals surface area contributed by atoms with E-state index in [4.69, 9.17) is 11.6 Å². The number of piperazine rings is 1. The third-order valence-electron chi connectivity index (χ3n) is 3.96. The van der Waals surface area contributed by atoms with Gasteiger partial charge in [0.1, 0.15) is 0 Å². The van der Waals surface area contributed by atoms with Crippen molar-refractivity contribution in [1.29, 1.82) is 0 Å². The Bertz CT molecular complexity index is 730.